The molecule has 0 amide bonds. The molecule has 5 heteroatoms. The molecule has 1 N–H and O–H groups in total. The van der Waals surface area contributed by atoms with Crippen molar-refractivity contribution >= 4 is 31.9 Å². The van der Waals surface area contributed by atoms with Crippen molar-refractivity contribution in [1.82, 2.24) is 15.1 Å². The Bertz CT molecular complexity index is 578. The maximum absolute atomic E-state index is 4.46. The Kier molecular flexibility index (Phi) is 5.81. The van der Waals surface area contributed by atoms with Crippen LogP contribution in [0.2, 0.25) is 0 Å². The van der Waals surface area contributed by atoms with Gasteiger partial charge in [0.25, 0.3) is 0 Å². The number of hydrogen-bond acceptors (Lipinski definition) is 2. The van der Waals surface area contributed by atoms with E-state index >= 15 is 0 Å². The Morgan fingerprint density at radius 1 is 1.15 bits per heavy atom. The molecule has 0 saturated heterocycles. The van der Waals surface area contributed by atoms with Crippen molar-refractivity contribution in [1.29, 1.82) is 0 Å². The van der Waals surface area contributed by atoms with Crippen LogP contribution in [0.1, 0.15) is 23.4 Å². The molecule has 108 valence electrons. The van der Waals surface area contributed by atoms with E-state index in [9.17, 15) is 0 Å². The first-order valence-electron chi connectivity index (χ1n) is 6.72. The Morgan fingerprint density at radius 3 is 2.60 bits per heavy atom. The van der Waals surface area contributed by atoms with E-state index in [1.165, 1.54) is 11.3 Å². The number of rotatable bonds is 6. The molecular weight excluding hydrogens is 382 g/mol. The van der Waals surface area contributed by atoms with Gasteiger partial charge in [0.1, 0.15) is 0 Å². The molecular formula is C15H19Br2N3. The van der Waals surface area contributed by atoms with E-state index < -0.39 is 0 Å². The van der Waals surface area contributed by atoms with Crippen molar-refractivity contribution in [3.63, 3.8) is 0 Å². The second-order valence-electron chi connectivity index (χ2n) is 4.93. The highest BCUT2D eigenvalue weighted by Gasteiger charge is 2.01. The third kappa shape index (κ3) is 4.43. The number of hydrogen-bond donors (Lipinski definition) is 1. The molecule has 0 bridgehead atoms. The van der Waals surface area contributed by atoms with E-state index in [4.69, 9.17) is 0 Å². The maximum Gasteiger partial charge on any atom is 0.0596 e. The highest BCUT2D eigenvalue weighted by atomic mass is 79.9. The van der Waals surface area contributed by atoms with Crippen LogP contribution in [0.15, 0.2) is 33.2 Å². The van der Waals surface area contributed by atoms with E-state index in [1.807, 2.05) is 6.92 Å². The van der Waals surface area contributed by atoms with Crippen LogP contribution in [0.3, 0.4) is 0 Å². The molecule has 0 spiro atoms. The Balaban J connectivity index is 1.71. The lowest BCUT2D eigenvalue weighted by Crippen LogP contribution is -2.17. The zero-order valence-corrected chi connectivity index (χ0v) is 15.0. The van der Waals surface area contributed by atoms with Gasteiger partial charge in [-0.05, 0) is 82.4 Å². The molecule has 0 aliphatic heterocycles. The second-order valence-corrected chi connectivity index (χ2v) is 6.64. The molecule has 0 aliphatic carbocycles. The summed E-state index contributed by atoms with van der Waals surface area (Å²) in [5, 5.41) is 7.93. The Hall–Kier alpha value is -0.650. The molecule has 0 unspecified atom stereocenters. The van der Waals surface area contributed by atoms with Crippen LogP contribution < -0.4 is 5.32 Å². The molecule has 2 rings (SSSR count). The molecule has 20 heavy (non-hydrogen) atoms. The standard InChI is InChI=1S/C15H19Br2N3/c1-11-8-12(2)20(19-11)7-3-6-18-10-13-4-5-14(16)15(17)9-13/h4-5,8-9,18H,3,6-7,10H2,1-2H3. The maximum atomic E-state index is 4.46. The van der Waals surface area contributed by atoms with E-state index in [0.29, 0.717) is 0 Å². The van der Waals surface area contributed by atoms with E-state index in [-0.39, 0.29) is 0 Å². The van der Waals surface area contributed by atoms with E-state index in [0.717, 1.165) is 40.7 Å². The Morgan fingerprint density at radius 2 is 1.95 bits per heavy atom. The van der Waals surface area contributed by atoms with Gasteiger partial charge < -0.3 is 5.32 Å². The van der Waals surface area contributed by atoms with Gasteiger partial charge in [-0.25, -0.2) is 0 Å². The fourth-order valence-electron chi connectivity index (χ4n) is 2.14. The highest BCUT2D eigenvalue weighted by Crippen LogP contribution is 2.23. The first kappa shape index (κ1) is 15.7. The zero-order chi connectivity index (χ0) is 14.5. The number of aromatic nitrogens is 2. The highest BCUT2D eigenvalue weighted by molar-refractivity contribution is 9.13. The van der Waals surface area contributed by atoms with Crippen molar-refractivity contribution in [3.05, 3.63) is 50.2 Å². The largest absolute Gasteiger partial charge is 0.313 e. The van der Waals surface area contributed by atoms with Crippen molar-refractivity contribution in [2.24, 2.45) is 0 Å². The SMILES string of the molecule is Cc1cc(C)n(CCCNCc2ccc(Br)c(Br)c2)n1. The van der Waals surface area contributed by atoms with Crippen LogP contribution in [0.25, 0.3) is 0 Å². The molecule has 1 aromatic carbocycles. The van der Waals surface area contributed by atoms with Crippen molar-refractivity contribution in [2.75, 3.05) is 6.54 Å². The molecule has 0 saturated carbocycles. The predicted octanol–water partition coefficient (Wildman–Crippen LogP) is 4.20. The van der Waals surface area contributed by atoms with Gasteiger partial charge in [-0.15, -0.1) is 0 Å². The van der Waals surface area contributed by atoms with Crippen LogP contribution in [0, 0.1) is 13.8 Å². The summed E-state index contributed by atoms with van der Waals surface area (Å²) in [5.41, 5.74) is 3.61. The van der Waals surface area contributed by atoms with Crippen molar-refractivity contribution in [3.8, 4) is 0 Å². The van der Waals surface area contributed by atoms with E-state index in [2.05, 4.69) is 78.1 Å². The monoisotopic (exact) mass is 399 g/mol. The van der Waals surface area contributed by atoms with Crippen LogP contribution in [-0.2, 0) is 13.1 Å². The van der Waals surface area contributed by atoms with E-state index in [1.54, 1.807) is 0 Å². The average Bonchev–Trinajstić information content (AvgIpc) is 2.72. The fourth-order valence-corrected chi connectivity index (χ4v) is 2.81. The number of nitrogens with one attached hydrogen (secondary N) is 1. The van der Waals surface area contributed by atoms with Gasteiger partial charge in [0.2, 0.25) is 0 Å². The van der Waals surface area contributed by atoms with Crippen LogP contribution in [0.5, 0.6) is 0 Å². The molecule has 0 atom stereocenters. The zero-order valence-electron chi connectivity index (χ0n) is 11.8. The number of halogens is 2. The van der Waals surface area contributed by atoms with Gasteiger partial charge in [0, 0.05) is 27.7 Å². The summed E-state index contributed by atoms with van der Waals surface area (Å²) in [6.07, 6.45) is 1.08. The van der Waals surface area contributed by atoms with Crippen LogP contribution in [-0.4, -0.2) is 16.3 Å². The first-order valence-corrected chi connectivity index (χ1v) is 8.30. The number of nitrogens with zero attached hydrogens (tertiary/aromatic N) is 2. The summed E-state index contributed by atoms with van der Waals surface area (Å²) in [6.45, 7) is 6.99. The van der Waals surface area contributed by atoms with Gasteiger partial charge >= 0.3 is 0 Å². The Labute approximate surface area is 137 Å². The number of benzene rings is 1. The van der Waals surface area contributed by atoms with Gasteiger partial charge in [0.05, 0.1) is 5.69 Å². The van der Waals surface area contributed by atoms with Gasteiger partial charge in [-0.1, -0.05) is 6.07 Å². The van der Waals surface area contributed by atoms with Crippen LogP contribution in [0.4, 0.5) is 0 Å². The molecule has 2 aromatic rings. The third-order valence-corrected chi connectivity index (χ3v) is 5.02. The average molecular weight is 401 g/mol. The van der Waals surface area contributed by atoms with Crippen molar-refractivity contribution in [2.45, 2.75) is 33.4 Å². The fraction of sp³-hybridized carbons (Fsp3) is 0.400. The van der Waals surface area contributed by atoms with Gasteiger partial charge in [-0.2, -0.15) is 5.10 Å². The second kappa shape index (κ2) is 7.38. The minimum Gasteiger partial charge on any atom is -0.313 e. The normalized spacial score (nSPS) is 11.0. The first-order chi connectivity index (χ1) is 9.56. The summed E-state index contributed by atoms with van der Waals surface area (Å²) in [7, 11) is 0. The molecule has 0 aliphatic rings. The van der Waals surface area contributed by atoms with Crippen LogP contribution >= 0.6 is 31.9 Å². The summed E-state index contributed by atoms with van der Waals surface area (Å²) in [5.74, 6) is 0. The lowest BCUT2D eigenvalue weighted by molar-refractivity contribution is 0.532. The minimum atomic E-state index is 0.892. The summed E-state index contributed by atoms with van der Waals surface area (Å²) in [6, 6.07) is 8.45. The summed E-state index contributed by atoms with van der Waals surface area (Å²) in [4.78, 5) is 0. The lowest BCUT2D eigenvalue weighted by Gasteiger charge is -2.07. The smallest absolute Gasteiger partial charge is 0.0596 e. The number of aryl methyl sites for hydroxylation is 3. The topological polar surface area (TPSA) is 29.9 Å². The minimum absolute atomic E-state index is 0.892. The molecule has 1 heterocycles. The quantitative estimate of drug-likeness (QED) is 0.736. The van der Waals surface area contributed by atoms with Crippen molar-refractivity contribution < 1.29 is 0 Å². The van der Waals surface area contributed by atoms with Gasteiger partial charge in [0.15, 0.2) is 0 Å². The predicted molar refractivity (Wildman–Crippen MR) is 89.9 cm³/mol. The van der Waals surface area contributed by atoms with Gasteiger partial charge in [-0.3, -0.25) is 4.68 Å². The molecule has 0 radical (unpaired) electrons. The summed E-state index contributed by atoms with van der Waals surface area (Å²) >= 11 is 7.00. The molecule has 3 nitrogen and oxygen atoms in total. The molecule has 0 fully saturated rings. The lowest BCUT2D eigenvalue weighted by atomic mass is 10.2. The summed E-state index contributed by atoms with van der Waals surface area (Å²) < 4.78 is 4.26. The molecule has 1 aromatic heterocycles. The third-order valence-electron chi connectivity index (χ3n) is 3.14.